The number of carboxylic acid groups (broad SMARTS) is 1. The van der Waals surface area contributed by atoms with Gasteiger partial charge in [-0.05, 0) is 19.1 Å². The summed E-state index contributed by atoms with van der Waals surface area (Å²) in [5, 5.41) is 8.66. The number of aromatic amines is 1. The topological polar surface area (TPSA) is 70.2 Å². The van der Waals surface area contributed by atoms with Crippen LogP contribution in [0.2, 0.25) is 0 Å². The predicted molar refractivity (Wildman–Crippen MR) is 66.7 cm³/mol. The first-order valence-corrected chi connectivity index (χ1v) is 5.57. The molecule has 1 heterocycles. The Morgan fingerprint density at radius 1 is 1.11 bits per heavy atom. The minimum atomic E-state index is -0.925. The predicted octanol–water partition coefficient (Wildman–Crippen LogP) is 2.18. The Morgan fingerprint density at radius 3 is 2.39 bits per heavy atom. The van der Waals surface area contributed by atoms with E-state index in [1.807, 2.05) is 19.1 Å². The quantitative estimate of drug-likeness (QED) is 0.808. The lowest BCUT2D eigenvalue weighted by Gasteiger charge is -1.99. The Labute approximate surface area is 104 Å². The van der Waals surface area contributed by atoms with E-state index in [0.717, 1.165) is 5.56 Å². The average molecular weight is 243 g/mol. The monoisotopic (exact) mass is 243 g/mol. The summed E-state index contributed by atoms with van der Waals surface area (Å²) >= 11 is 0. The molecule has 4 heteroatoms. The molecule has 0 unspecified atom stereocenters. The van der Waals surface area contributed by atoms with Crippen molar-refractivity contribution in [2.75, 3.05) is 0 Å². The zero-order valence-corrected chi connectivity index (χ0v) is 9.93. The number of hydrogen-bond acceptors (Lipinski definition) is 2. The van der Waals surface area contributed by atoms with Crippen LogP contribution in [0.4, 0.5) is 0 Å². The first-order chi connectivity index (χ1) is 8.56. The van der Waals surface area contributed by atoms with E-state index < -0.39 is 5.97 Å². The number of nitrogens with one attached hydrogen (secondary N) is 1. The molecule has 0 radical (unpaired) electrons. The molecular formula is C14H13NO3. The molecule has 0 amide bonds. The highest BCUT2D eigenvalue weighted by Gasteiger charge is 2.12. The summed E-state index contributed by atoms with van der Waals surface area (Å²) in [6.07, 6.45) is -0.110. The molecule has 2 aromatic rings. The number of aryl methyl sites for hydroxylation is 1. The molecule has 0 fully saturated rings. The van der Waals surface area contributed by atoms with Crippen LogP contribution in [-0.4, -0.2) is 21.8 Å². The van der Waals surface area contributed by atoms with Crippen LogP contribution in [0.25, 0.3) is 0 Å². The molecule has 0 bridgehead atoms. The number of rotatable bonds is 4. The van der Waals surface area contributed by atoms with Crippen molar-refractivity contribution in [3.05, 3.63) is 58.9 Å². The van der Waals surface area contributed by atoms with Crippen molar-refractivity contribution in [3.8, 4) is 0 Å². The first kappa shape index (κ1) is 12.1. The van der Waals surface area contributed by atoms with E-state index >= 15 is 0 Å². The number of carbonyl (C=O) groups excluding carboxylic acids is 1. The van der Waals surface area contributed by atoms with Gasteiger partial charge in [0.25, 0.3) is 0 Å². The molecule has 0 aliphatic rings. The van der Waals surface area contributed by atoms with Gasteiger partial charge in [-0.15, -0.1) is 0 Å². The van der Waals surface area contributed by atoms with Crippen LogP contribution in [0.15, 0.2) is 36.4 Å². The Balaban J connectivity index is 2.21. The Morgan fingerprint density at radius 2 is 1.78 bits per heavy atom. The summed E-state index contributed by atoms with van der Waals surface area (Å²) in [7, 11) is 0. The Bertz CT molecular complexity index is 581. The van der Waals surface area contributed by atoms with Gasteiger partial charge in [0.2, 0.25) is 5.78 Å². The van der Waals surface area contributed by atoms with Crippen molar-refractivity contribution in [2.45, 2.75) is 13.3 Å². The maximum Gasteiger partial charge on any atom is 0.309 e. The van der Waals surface area contributed by atoms with Gasteiger partial charge in [0.15, 0.2) is 0 Å². The molecule has 0 aliphatic carbocycles. The molecule has 1 aromatic heterocycles. The second kappa shape index (κ2) is 4.87. The maximum atomic E-state index is 12.1. The summed E-state index contributed by atoms with van der Waals surface area (Å²) in [6.45, 7) is 1.95. The van der Waals surface area contributed by atoms with E-state index in [9.17, 15) is 9.59 Å². The van der Waals surface area contributed by atoms with Crippen molar-refractivity contribution in [1.29, 1.82) is 0 Å². The van der Waals surface area contributed by atoms with E-state index in [2.05, 4.69) is 4.98 Å². The second-order valence-electron chi connectivity index (χ2n) is 4.16. The normalized spacial score (nSPS) is 10.3. The van der Waals surface area contributed by atoms with Crippen molar-refractivity contribution < 1.29 is 14.7 Å². The fourth-order valence-corrected chi connectivity index (χ4v) is 1.70. The second-order valence-corrected chi connectivity index (χ2v) is 4.16. The summed E-state index contributed by atoms with van der Waals surface area (Å²) < 4.78 is 0. The molecule has 4 nitrogen and oxygen atoms in total. The van der Waals surface area contributed by atoms with Crippen LogP contribution < -0.4 is 0 Å². The van der Waals surface area contributed by atoms with Crippen LogP contribution in [0.3, 0.4) is 0 Å². The van der Waals surface area contributed by atoms with Crippen molar-refractivity contribution in [2.24, 2.45) is 0 Å². The van der Waals surface area contributed by atoms with E-state index in [1.54, 1.807) is 24.3 Å². The lowest BCUT2D eigenvalue weighted by atomic mass is 10.1. The van der Waals surface area contributed by atoms with Gasteiger partial charge in [-0.3, -0.25) is 9.59 Å². The highest BCUT2D eigenvalue weighted by molar-refractivity contribution is 6.07. The number of H-pyrrole nitrogens is 1. The summed E-state index contributed by atoms with van der Waals surface area (Å²) in [5.41, 5.74) is 2.61. The first-order valence-electron chi connectivity index (χ1n) is 5.57. The molecule has 2 N–H and O–H groups in total. The van der Waals surface area contributed by atoms with Gasteiger partial charge in [-0.1, -0.05) is 29.8 Å². The molecule has 0 atom stereocenters. The summed E-state index contributed by atoms with van der Waals surface area (Å²) in [6, 6.07) is 10.5. The number of carbonyl (C=O) groups is 2. The number of aromatic nitrogens is 1. The molecule has 1 aromatic carbocycles. The highest BCUT2D eigenvalue weighted by Crippen LogP contribution is 2.11. The third kappa shape index (κ3) is 2.66. The summed E-state index contributed by atoms with van der Waals surface area (Å²) in [4.78, 5) is 25.5. The SMILES string of the molecule is Cc1ccc(C(=O)c2ccc(CC(=O)O)[nH]2)cc1. The minimum absolute atomic E-state index is 0.110. The molecule has 0 saturated heterocycles. The molecule has 2 rings (SSSR count). The smallest absolute Gasteiger partial charge is 0.309 e. The van der Waals surface area contributed by atoms with E-state index in [4.69, 9.17) is 5.11 Å². The Kier molecular flexibility index (Phi) is 3.28. The Hall–Kier alpha value is -2.36. The third-order valence-corrected chi connectivity index (χ3v) is 2.65. The number of ketones is 1. The standard InChI is InChI=1S/C14H13NO3/c1-9-2-4-10(5-3-9)14(18)12-7-6-11(15-12)8-13(16)17/h2-7,15H,8H2,1H3,(H,16,17). The van der Waals surface area contributed by atoms with Gasteiger partial charge in [0.1, 0.15) is 0 Å². The molecule has 0 saturated carbocycles. The van der Waals surface area contributed by atoms with E-state index in [0.29, 0.717) is 17.0 Å². The zero-order valence-electron chi connectivity index (χ0n) is 9.93. The molecular weight excluding hydrogens is 230 g/mol. The van der Waals surface area contributed by atoms with Gasteiger partial charge < -0.3 is 10.1 Å². The number of benzene rings is 1. The van der Waals surface area contributed by atoms with E-state index in [-0.39, 0.29) is 12.2 Å². The number of carboxylic acids is 1. The lowest BCUT2D eigenvalue weighted by molar-refractivity contribution is -0.136. The fourth-order valence-electron chi connectivity index (χ4n) is 1.70. The lowest BCUT2D eigenvalue weighted by Crippen LogP contribution is -2.04. The van der Waals surface area contributed by atoms with Gasteiger partial charge in [0, 0.05) is 11.3 Å². The third-order valence-electron chi connectivity index (χ3n) is 2.65. The van der Waals surface area contributed by atoms with Crippen LogP contribution >= 0.6 is 0 Å². The van der Waals surface area contributed by atoms with Crippen LogP contribution in [-0.2, 0) is 11.2 Å². The van der Waals surface area contributed by atoms with Crippen molar-refractivity contribution in [1.82, 2.24) is 4.98 Å². The summed E-state index contributed by atoms with van der Waals surface area (Å²) in [5.74, 6) is -1.06. The van der Waals surface area contributed by atoms with Crippen molar-refractivity contribution >= 4 is 11.8 Å². The highest BCUT2D eigenvalue weighted by atomic mass is 16.4. The van der Waals surface area contributed by atoms with E-state index in [1.165, 1.54) is 0 Å². The molecule has 0 spiro atoms. The zero-order chi connectivity index (χ0) is 13.1. The number of aliphatic carboxylic acids is 1. The van der Waals surface area contributed by atoms with Gasteiger partial charge in [-0.25, -0.2) is 0 Å². The van der Waals surface area contributed by atoms with Gasteiger partial charge in [-0.2, -0.15) is 0 Å². The number of hydrogen-bond donors (Lipinski definition) is 2. The fraction of sp³-hybridized carbons (Fsp3) is 0.143. The van der Waals surface area contributed by atoms with Crippen LogP contribution in [0.5, 0.6) is 0 Å². The minimum Gasteiger partial charge on any atom is -0.481 e. The van der Waals surface area contributed by atoms with Crippen molar-refractivity contribution in [3.63, 3.8) is 0 Å². The maximum absolute atomic E-state index is 12.1. The molecule has 0 aliphatic heterocycles. The largest absolute Gasteiger partial charge is 0.481 e. The van der Waals surface area contributed by atoms with Gasteiger partial charge in [0.05, 0.1) is 12.1 Å². The van der Waals surface area contributed by atoms with Crippen LogP contribution in [0, 0.1) is 6.92 Å². The van der Waals surface area contributed by atoms with Crippen LogP contribution in [0.1, 0.15) is 27.3 Å². The molecule has 18 heavy (non-hydrogen) atoms. The average Bonchev–Trinajstić information content (AvgIpc) is 2.76. The van der Waals surface area contributed by atoms with Gasteiger partial charge >= 0.3 is 5.97 Å². The molecule has 92 valence electrons.